The van der Waals surface area contributed by atoms with Crippen molar-refractivity contribution in [3.63, 3.8) is 0 Å². The molecule has 0 bridgehead atoms. The molecule has 0 unspecified atom stereocenters. The van der Waals surface area contributed by atoms with E-state index in [1.807, 2.05) is 0 Å². The smallest absolute Gasteiger partial charge is 0.0233 e. The standard InChI is InChI=1S/C15H21N.CH4.H2/c1-12(2)13-6-8-14(9-7-13)15-5-4-10-16(3)11-15;;/h5-9,12H,4,10-11H2,1-3H3;1H4;1H. The Kier molecular flexibility index (Phi) is 4.95. The molecule has 1 aromatic carbocycles. The third-order valence-electron chi connectivity index (χ3n) is 3.29. The average molecular weight is 233 g/mol. The maximum absolute atomic E-state index is 2.38. The minimum Gasteiger partial charge on any atom is -0.302 e. The Balaban J connectivity index is 0.00000144. The van der Waals surface area contributed by atoms with Gasteiger partial charge in [-0.25, -0.2) is 0 Å². The lowest BCUT2D eigenvalue weighted by molar-refractivity contribution is 0.373. The molecule has 1 aliphatic heterocycles. The lowest BCUT2D eigenvalue weighted by atomic mass is 9.97. The van der Waals surface area contributed by atoms with Crippen molar-refractivity contribution in [2.45, 2.75) is 33.6 Å². The number of hydrogen-bond acceptors (Lipinski definition) is 1. The van der Waals surface area contributed by atoms with Crippen molar-refractivity contribution in [3.8, 4) is 0 Å². The molecule has 96 valence electrons. The first-order chi connectivity index (χ1) is 7.66. The molecule has 0 aliphatic carbocycles. The van der Waals surface area contributed by atoms with Crippen molar-refractivity contribution in [2.75, 3.05) is 20.1 Å². The Hall–Kier alpha value is -1.08. The highest BCUT2D eigenvalue weighted by atomic mass is 15.1. The van der Waals surface area contributed by atoms with Gasteiger partial charge in [-0.3, -0.25) is 0 Å². The van der Waals surface area contributed by atoms with Gasteiger partial charge in [-0.05, 0) is 36.1 Å². The summed E-state index contributed by atoms with van der Waals surface area (Å²) in [6.07, 6.45) is 3.56. The van der Waals surface area contributed by atoms with Gasteiger partial charge in [0.25, 0.3) is 0 Å². The quantitative estimate of drug-likeness (QED) is 0.731. The molecule has 0 saturated heterocycles. The zero-order valence-corrected chi connectivity index (χ0v) is 10.5. The number of hydrogen-bond donors (Lipinski definition) is 0. The Morgan fingerprint density at radius 2 is 1.82 bits per heavy atom. The SMILES string of the molecule is C.CC(C)c1ccc(C2=CCCN(C)C2)cc1.[HH]. The van der Waals surface area contributed by atoms with Gasteiger partial charge in [0.2, 0.25) is 0 Å². The topological polar surface area (TPSA) is 3.24 Å². The number of rotatable bonds is 2. The summed E-state index contributed by atoms with van der Waals surface area (Å²) in [5, 5.41) is 0. The summed E-state index contributed by atoms with van der Waals surface area (Å²) in [4.78, 5) is 2.38. The Morgan fingerprint density at radius 1 is 1.18 bits per heavy atom. The van der Waals surface area contributed by atoms with Gasteiger partial charge in [-0.2, -0.15) is 0 Å². The van der Waals surface area contributed by atoms with Crippen molar-refractivity contribution in [2.24, 2.45) is 0 Å². The van der Waals surface area contributed by atoms with Gasteiger partial charge in [0.1, 0.15) is 0 Å². The molecule has 1 nitrogen and oxygen atoms in total. The Morgan fingerprint density at radius 3 is 2.35 bits per heavy atom. The van der Waals surface area contributed by atoms with Crippen LogP contribution in [-0.4, -0.2) is 25.0 Å². The van der Waals surface area contributed by atoms with E-state index in [0.717, 1.165) is 6.54 Å². The molecule has 0 atom stereocenters. The summed E-state index contributed by atoms with van der Waals surface area (Å²) in [6.45, 7) is 6.75. The lowest BCUT2D eigenvalue weighted by Gasteiger charge is -2.23. The molecule has 0 saturated carbocycles. The summed E-state index contributed by atoms with van der Waals surface area (Å²) in [7, 11) is 2.19. The van der Waals surface area contributed by atoms with Crippen LogP contribution < -0.4 is 0 Å². The first kappa shape index (κ1) is 14.0. The highest BCUT2D eigenvalue weighted by Crippen LogP contribution is 2.22. The second-order valence-electron chi connectivity index (χ2n) is 5.03. The van der Waals surface area contributed by atoms with E-state index in [0.29, 0.717) is 5.92 Å². The molecular formula is C16H27N. The largest absolute Gasteiger partial charge is 0.302 e. The van der Waals surface area contributed by atoms with E-state index in [9.17, 15) is 0 Å². The van der Waals surface area contributed by atoms with Gasteiger partial charge in [0.05, 0.1) is 0 Å². The highest BCUT2D eigenvalue weighted by molar-refractivity contribution is 5.67. The maximum Gasteiger partial charge on any atom is 0.0233 e. The summed E-state index contributed by atoms with van der Waals surface area (Å²) < 4.78 is 0. The molecule has 0 aromatic heterocycles. The molecule has 17 heavy (non-hydrogen) atoms. The molecule has 2 rings (SSSR count). The minimum atomic E-state index is 0. The van der Waals surface area contributed by atoms with Crippen LogP contribution in [0.4, 0.5) is 0 Å². The van der Waals surface area contributed by atoms with Crippen LogP contribution in [0, 0.1) is 0 Å². The van der Waals surface area contributed by atoms with Gasteiger partial charge in [-0.15, -0.1) is 0 Å². The second kappa shape index (κ2) is 6.02. The molecule has 1 heterocycles. The van der Waals surface area contributed by atoms with Gasteiger partial charge in [0.15, 0.2) is 0 Å². The van der Waals surface area contributed by atoms with E-state index in [1.54, 1.807) is 0 Å². The van der Waals surface area contributed by atoms with Crippen LogP contribution in [0.15, 0.2) is 30.3 Å². The van der Waals surface area contributed by atoms with Crippen LogP contribution in [-0.2, 0) is 0 Å². The Labute approximate surface area is 108 Å². The fraction of sp³-hybridized carbons (Fsp3) is 0.500. The van der Waals surface area contributed by atoms with Gasteiger partial charge in [-0.1, -0.05) is 51.6 Å². The summed E-state index contributed by atoms with van der Waals surface area (Å²) >= 11 is 0. The van der Waals surface area contributed by atoms with E-state index in [1.165, 1.54) is 29.7 Å². The molecule has 1 heteroatoms. The van der Waals surface area contributed by atoms with Crippen molar-refractivity contribution in [3.05, 3.63) is 41.5 Å². The average Bonchev–Trinajstić information content (AvgIpc) is 2.29. The van der Waals surface area contributed by atoms with Crippen LogP contribution in [0.5, 0.6) is 0 Å². The van der Waals surface area contributed by atoms with E-state index in [-0.39, 0.29) is 8.85 Å². The minimum absolute atomic E-state index is 0. The molecule has 1 aliphatic rings. The highest BCUT2D eigenvalue weighted by Gasteiger charge is 2.10. The van der Waals surface area contributed by atoms with Gasteiger partial charge < -0.3 is 4.90 Å². The van der Waals surface area contributed by atoms with Crippen molar-refractivity contribution in [1.29, 1.82) is 0 Å². The van der Waals surface area contributed by atoms with E-state index < -0.39 is 0 Å². The first-order valence-electron chi connectivity index (χ1n) is 6.14. The zero-order chi connectivity index (χ0) is 11.5. The molecule has 1 aromatic rings. The lowest BCUT2D eigenvalue weighted by Crippen LogP contribution is -2.24. The van der Waals surface area contributed by atoms with Gasteiger partial charge >= 0.3 is 0 Å². The normalized spacial score (nSPS) is 16.6. The monoisotopic (exact) mass is 233 g/mol. The fourth-order valence-electron chi connectivity index (χ4n) is 2.18. The van der Waals surface area contributed by atoms with Gasteiger partial charge in [0, 0.05) is 14.5 Å². The van der Waals surface area contributed by atoms with E-state index in [2.05, 4.69) is 56.1 Å². The summed E-state index contributed by atoms with van der Waals surface area (Å²) in [5.74, 6) is 0.622. The molecule has 0 amide bonds. The maximum atomic E-state index is 2.38. The van der Waals surface area contributed by atoms with Crippen LogP contribution in [0.3, 0.4) is 0 Å². The Bertz CT molecular complexity index is 379. The van der Waals surface area contributed by atoms with E-state index >= 15 is 0 Å². The third kappa shape index (κ3) is 3.44. The molecule has 0 fully saturated rings. The van der Waals surface area contributed by atoms with Crippen molar-refractivity contribution < 1.29 is 1.43 Å². The second-order valence-corrected chi connectivity index (χ2v) is 5.03. The molecular weight excluding hydrogens is 206 g/mol. The molecule has 0 spiro atoms. The predicted octanol–water partition coefficient (Wildman–Crippen LogP) is 4.41. The first-order valence-corrected chi connectivity index (χ1v) is 6.14. The van der Waals surface area contributed by atoms with Crippen LogP contribution in [0.2, 0.25) is 0 Å². The third-order valence-corrected chi connectivity index (χ3v) is 3.29. The fourth-order valence-corrected chi connectivity index (χ4v) is 2.18. The predicted molar refractivity (Wildman–Crippen MR) is 79.5 cm³/mol. The summed E-state index contributed by atoms with van der Waals surface area (Å²) in [6, 6.07) is 9.05. The number of benzene rings is 1. The molecule has 0 N–H and O–H groups in total. The zero-order valence-electron chi connectivity index (χ0n) is 10.5. The molecule has 0 radical (unpaired) electrons. The van der Waals surface area contributed by atoms with Crippen LogP contribution in [0.1, 0.15) is 46.2 Å². The summed E-state index contributed by atoms with van der Waals surface area (Å²) in [5.41, 5.74) is 4.29. The van der Waals surface area contributed by atoms with Crippen LogP contribution in [0.25, 0.3) is 5.57 Å². The van der Waals surface area contributed by atoms with Crippen molar-refractivity contribution in [1.82, 2.24) is 4.90 Å². The van der Waals surface area contributed by atoms with Crippen LogP contribution >= 0.6 is 0 Å². The van der Waals surface area contributed by atoms with Crippen molar-refractivity contribution >= 4 is 5.57 Å². The van der Waals surface area contributed by atoms with E-state index in [4.69, 9.17) is 0 Å². The number of nitrogens with zero attached hydrogens (tertiary/aromatic N) is 1. The number of likely N-dealkylation sites (N-methyl/N-ethyl adjacent to an activating group) is 1.